The van der Waals surface area contributed by atoms with E-state index in [1.54, 1.807) is 23.9 Å². The van der Waals surface area contributed by atoms with Gasteiger partial charge in [-0.05, 0) is 30.4 Å². The van der Waals surface area contributed by atoms with Crippen molar-refractivity contribution in [3.63, 3.8) is 0 Å². The second-order valence-corrected chi connectivity index (χ2v) is 5.80. The fourth-order valence-electron chi connectivity index (χ4n) is 1.88. The topological polar surface area (TPSA) is 26.0 Å². The lowest BCUT2D eigenvalue weighted by molar-refractivity contribution is 0.599. The van der Waals surface area contributed by atoms with Crippen LogP contribution in [0.5, 0.6) is 0 Å². The van der Waals surface area contributed by atoms with Crippen molar-refractivity contribution in [3.8, 4) is 0 Å². The third-order valence-corrected chi connectivity index (χ3v) is 4.10. The normalized spacial score (nSPS) is 10.8. The van der Waals surface area contributed by atoms with Crippen LogP contribution >= 0.6 is 11.8 Å². The van der Waals surface area contributed by atoms with E-state index in [9.17, 15) is 4.39 Å². The zero-order valence-electron chi connectivity index (χ0n) is 11.3. The number of hydrogen-bond donors (Lipinski definition) is 1. The Morgan fingerprint density at radius 3 is 2.39 bits per heavy atom. The Morgan fingerprint density at radius 1 is 1.06 bits per heavy atom. The molecule has 0 aromatic heterocycles. The summed E-state index contributed by atoms with van der Waals surface area (Å²) in [5, 5.41) is 0. The summed E-state index contributed by atoms with van der Waals surface area (Å²) in [6, 6.07) is 4.93. The summed E-state index contributed by atoms with van der Waals surface area (Å²) in [5.41, 5.74) is 6.01. The molecule has 0 atom stereocenters. The Morgan fingerprint density at radius 2 is 1.72 bits per heavy atom. The van der Waals surface area contributed by atoms with Gasteiger partial charge in [-0.15, -0.1) is 11.8 Å². The van der Waals surface area contributed by atoms with Gasteiger partial charge in [-0.2, -0.15) is 0 Å². The molecule has 18 heavy (non-hydrogen) atoms. The molecule has 0 fully saturated rings. The van der Waals surface area contributed by atoms with Crippen LogP contribution in [0.4, 0.5) is 10.1 Å². The van der Waals surface area contributed by atoms with Crippen LogP contribution in [0, 0.1) is 5.82 Å². The van der Waals surface area contributed by atoms with E-state index in [4.69, 9.17) is 5.73 Å². The van der Waals surface area contributed by atoms with Crippen LogP contribution in [0.15, 0.2) is 23.1 Å². The number of hydrogen-bond acceptors (Lipinski definition) is 2. The first-order valence-electron chi connectivity index (χ1n) is 6.92. The van der Waals surface area contributed by atoms with Crippen molar-refractivity contribution in [1.29, 1.82) is 0 Å². The smallest absolute Gasteiger partial charge is 0.138 e. The average Bonchev–Trinajstić information content (AvgIpc) is 2.35. The van der Waals surface area contributed by atoms with E-state index < -0.39 is 0 Å². The van der Waals surface area contributed by atoms with Crippen LogP contribution in [-0.4, -0.2) is 5.75 Å². The molecule has 0 aliphatic carbocycles. The summed E-state index contributed by atoms with van der Waals surface area (Å²) in [4.78, 5) is 0.718. The number of benzene rings is 1. The number of anilines is 1. The molecule has 0 aliphatic heterocycles. The molecule has 0 radical (unpaired) electrons. The van der Waals surface area contributed by atoms with Gasteiger partial charge in [0.15, 0.2) is 0 Å². The van der Waals surface area contributed by atoms with E-state index >= 15 is 0 Å². The van der Waals surface area contributed by atoms with E-state index in [2.05, 4.69) is 6.92 Å². The first-order chi connectivity index (χ1) is 8.74. The van der Waals surface area contributed by atoms with E-state index in [1.165, 1.54) is 51.0 Å². The molecule has 0 saturated carbocycles. The predicted octanol–water partition coefficient (Wildman–Crippen LogP) is 5.25. The fourth-order valence-corrected chi connectivity index (χ4v) is 2.80. The van der Waals surface area contributed by atoms with Gasteiger partial charge in [0.25, 0.3) is 0 Å². The molecule has 2 N–H and O–H groups in total. The van der Waals surface area contributed by atoms with E-state index in [0.717, 1.165) is 10.6 Å². The summed E-state index contributed by atoms with van der Waals surface area (Å²) in [6.45, 7) is 2.23. The van der Waals surface area contributed by atoms with Crippen LogP contribution in [0.1, 0.15) is 51.9 Å². The van der Waals surface area contributed by atoms with Crippen molar-refractivity contribution in [2.24, 2.45) is 0 Å². The van der Waals surface area contributed by atoms with Gasteiger partial charge in [-0.3, -0.25) is 0 Å². The minimum atomic E-state index is -0.192. The van der Waals surface area contributed by atoms with E-state index in [-0.39, 0.29) is 5.82 Å². The number of rotatable bonds is 9. The van der Waals surface area contributed by atoms with Crippen molar-refractivity contribution in [2.45, 2.75) is 56.8 Å². The third kappa shape index (κ3) is 6.29. The lowest BCUT2D eigenvalue weighted by Crippen LogP contribution is -1.89. The highest BCUT2D eigenvalue weighted by Crippen LogP contribution is 2.24. The monoisotopic (exact) mass is 269 g/mol. The van der Waals surface area contributed by atoms with Crippen molar-refractivity contribution in [1.82, 2.24) is 0 Å². The Labute approximate surface area is 114 Å². The molecule has 0 spiro atoms. The molecule has 0 unspecified atom stereocenters. The van der Waals surface area contributed by atoms with E-state index in [0.29, 0.717) is 5.69 Å². The Balaban J connectivity index is 2.07. The molecule has 0 aliphatic rings. The van der Waals surface area contributed by atoms with Crippen LogP contribution in [0.3, 0.4) is 0 Å². The summed E-state index contributed by atoms with van der Waals surface area (Å²) in [6.07, 6.45) is 9.08. The molecule has 1 aromatic carbocycles. The summed E-state index contributed by atoms with van der Waals surface area (Å²) >= 11 is 1.59. The predicted molar refractivity (Wildman–Crippen MR) is 79.5 cm³/mol. The third-order valence-electron chi connectivity index (χ3n) is 2.96. The van der Waals surface area contributed by atoms with Crippen LogP contribution < -0.4 is 5.73 Å². The number of halogens is 1. The van der Waals surface area contributed by atoms with Gasteiger partial charge in [0.1, 0.15) is 5.82 Å². The number of thioether (sulfide) groups is 1. The highest BCUT2D eigenvalue weighted by atomic mass is 32.2. The largest absolute Gasteiger partial charge is 0.399 e. The van der Waals surface area contributed by atoms with Crippen LogP contribution in [0.25, 0.3) is 0 Å². The molecule has 3 heteroatoms. The highest BCUT2D eigenvalue weighted by Gasteiger charge is 2.02. The van der Waals surface area contributed by atoms with Gasteiger partial charge < -0.3 is 5.73 Å². The standard InChI is InChI=1S/C15H24FNS/c1-2-3-4-5-6-7-8-11-18-15-10-9-13(17)12-14(15)16/h9-10,12H,2-8,11,17H2,1H3. The van der Waals surface area contributed by atoms with Crippen molar-refractivity contribution >= 4 is 17.4 Å². The molecule has 1 rings (SSSR count). The summed E-state index contributed by atoms with van der Waals surface area (Å²) < 4.78 is 13.5. The maximum atomic E-state index is 13.5. The molecule has 102 valence electrons. The van der Waals surface area contributed by atoms with Crippen molar-refractivity contribution in [3.05, 3.63) is 24.0 Å². The maximum absolute atomic E-state index is 13.5. The van der Waals surface area contributed by atoms with E-state index in [1.807, 2.05) is 0 Å². The van der Waals surface area contributed by atoms with Gasteiger partial charge in [-0.25, -0.2) is 4.39 Å². The molecule has 1 aromatic rings. The molecule has 0 heterocycles. The van der Waals surface area contributed by atoms with Gasteiger partial charge in [-0.1, -0.05) is 45.4 Å². The summed E-state index contributed by atoms with van der Waals surface area (Å²) in [5.74, 6) is 0.803. The summed E-state index contributed by atoms with van der Waals surface area (Å²) in [7, 11) is 0. The minimum Gasteiger partial charge on any atom is -0.399 e. The van der Waals surface area contributed by atoms with Gasteiger partial charge in [0, 0.05) is 10.6 Å². The second kappa shape index (κ2) is 9.26. The molecule has 0 saturated heterocycles. The quantitative estimate of drug-likeness (QED) is 0.376. The zero-order valence-corrected chi connectivity index (χ0v) is 12.1. The van der Waals surface area contributed by atoms with Gasteiger partial charge in [0.2, 0.25) is 0 Å². The second-order valence-electron chi connectivity index (χ2n) is 4.66. The molecule has 0 bridgehead atoms. The average molecular weight is 269 g/mol. The lowest BCUT2D eigenvalue weighted by atomic mass is 10.1. The lowest BCUT2D eigenvalue weighted by Gasteiger charge is -2.04. The Bertz CT molecular complexity index is 341. The molecular weight excluding hydrogens is 245 g/mol. The number of nitrogen functional groups attached to an aromatic ring is 1. The van der Waals surface area contributed by atoms with Crippen molar-refractivity contribution < 1.29 is 4.39 Å². The van der Waals surface area contributed by atoms with Crippen molar-refractivity contribution in [2.75, 3.05) is 11.5 Å². The zero-order chi connectivity index (χ0) is 13.2. The maximum Gasteiger partial charge on any atom is 0.138 e. The Hall–Kier alpha value is -0.700. The van der Waals surface area contributed by atoms with Crippen LogP contribution in [0.2, 0.25) is 0 Å². The highest BCUT2D eigenvalue weighted by molar-refractivity contribution is 7.99. The van der Waals surface area contributed by atoms with Crippen LogP contribution in [-0.2, 0) is 0 Å². The fraction of sp³-hybridized carbons (Fsp3) is 0.600. The SMILES string of the molecule is CCCCCCCCCSc1ccc(N)cc1F. The molecule has 1 nitrogen and oxygen atoms in total. The number of unbranched alkanes of at least 4 members (excludes halogenated alkanes) is 6. The minimum absolute atomic E-state index is 0.192. The Kier molecular flexibility index (Phi) is 7.90. The molecule has 0 amide bonds. The first kappa shape index (κ1) is 15.4. The van der Waals surface area contributed by atoms with Gasteiger partial charge >= 0.3 is 0 Å². The number of nitrogens with two attached hydrogens (primary N) is 1. The van der Waals surface area contributed by atoms with Gasteiger partial charge in [0.05, 0.1) is 0 Å². The molecular formula is C15H24FNS. The first-order valence-corrected chi connectivity index (χ1v) is 7.90.